The molecule has 1 aromatic carbocycles. The van der Waals surface area contributed by atoms with E-state index < -0.39 is 6.04 Å². The van der Waals surface area contributed by atoms with Crippen molar-refractivity contribution in [3.05, 3.63) is 57.8 Å². The molecule has 1 amide bonds. The highest BCUT2D eigenvalue weighted by Crippen LogP contribution is 2.26. The number of rotatable bonds is 5. The van der Waals surface area contributed by atoms with E-state index in [1.807, 2.05) is 17.0 Å². The van der Waals surface area contributed by atoms with E-state index in [0.717, 1.165) is 5.56 Å². The predicted molar refractivity (Wildman–Crippen MR) is 104 cm³/mol. The van der Waals surface area contributed by atoms with Crippen molar-refractivity contribution in [3.63, 3.8) is 0 Å². The van der Waals surface area contributed by atoms with Gasteiger partial charge in [-0.3, -0.25) is 9.69 Å². The third kappa shape index (κ3) is 4.64. The third-order valence-electron chi connectivity index (χ3n) is 4.54. The predicted octanol–water partition coefficient (Wildman–Crippen LogP) is 3.38. The van der Waals surface area contributed by atoms with Crippen molar-refractivity contribution in [1.29, 1.82) is 0 Å². The Morgan fingerprint density at radius 3 is 2.33 bits per heavy atom. The molecule has 1 saturated heterocycles. The van der Waals surface area contributed by atoms with Gasteiger partial charge in [0.15, 0.2) is 0 Å². The minimum atomic E-state index is -0.514. The average molecular weight is 410 g/mol. The highest BCUT2D eigenvalue weighted by molar-refractivity contribution is 6.31. The molecule has 0 unspecified atom stereocenters. The van der Waals surface area contributed by atoms with Crippen molar-refractivity contribution in [1.82, 2.24) is 14.8 Å². The maximum atomic E-state index is 12.6. The number of nitrogens with zero attached hydrogens (tertiary/aromatic N) is 2. The molecule has 1 aliphatic rings. The number of benzene rings is 1. The molecule has 0 aliphatic carbocycles. The van der Waals surface area contributed by atoms with E-state index in [9.17, 15) is 9.59 Å². The number of amides is 1. The van der Waals surface area contributed by atoms with E-state index in [4.69, 9.17) is 27.9 Å². The first-order valence-corrected chi connectivity index (χ1v) is 9.54. The number of H-pyrrole nitrogens is 1. The summed E-state index contributed by atoms with van der Waals surface area (Å²) in [5.41, 5.74) is 1.29. The van der Waals surface area contributed by atoms with Crippen molar-refractivity contribution in [2.24, 2.45) is 0 Å². The maximum absolute atomic E-state index is 12.6. The van der Waals surface area contributed by atoms with Crippen molar-refractivity contribution < 1.29 is 14.3 Å². The summed E-state index contributed by atoms with van der Waals surface area (Å²) in [6, 6.07) is 8.30. The summed E-state index contributed by atoms with van der Waals surface area (Å²) in [6.07, 6.45) is 1.59. The zero-order valence-corrected chi connectivity index (χ0v) is 16.5. The molecule has 2 aromatic rings. The standard InChI is InChI=1S/C19H21Cl2N3O3/c1-2-27-19(26)17(13-3-5-14(20)6-4-13)23-7-9-24(10-8-23)18(25)16-11-15(21)12-22-16/h3-6,11-12,17,22H,2,7-10H2,1H3/t17-/m1/s1. The van der Waals surface area contributed by atoms with Crippen LogP contribution in [-0.4, -0.2) is 59.4 Å². The molecular formula is C19H21Cl2N3O3. The first-order valence-electron chi connectivity index (χ1n) is 8.79. The smallest absolute Gasteiger partial charge is 0.328 e. The quantitative estimate of drug-likeness (QED) is 0.768. The van der Waals surface area contributed by atoms with E-state index >= 15 is 0 Å². The summed E-state index contributed by atoms with van der Waals surface area (Å²) in [5, 5.41) is 1.11. The monoisotopic (exact) mass is 409 g/mol. The fraction of sp³-hybridized carbons (Fsp3) is 0.368. The Labute approximate surface area is 168 Å². The number of piperazine rings is 1. The van der Waals surface area contributed by atoms with Gasteiger partial charge in [0.2, 0.25) is 0 Å². The summed E-state index contributed by atoms with van der Waals surface area (Å²) in [4.78, 5) is 31.8. The van der Waals surface area contributed by atoms with Crippen LogP contribution in [0.4, 0.5) is 0 Å². The van der Waals surface area contributed by atoms with Gasteiger partial charge in [-0.05, 0) is 30.7 Å². The van der Waals surface area contributed by atoms with Crippen LogP contribution in [-0.2, 0) is 9.53 Å². The molecule has 1 N–H and O–H groups in total. The molecular weight excluding hydrogens is 389 g/mol. The van der Waals surface area contributed by atoms with Gasteiger partial charge in [-0.2, -0.15) is 0 Å². The Bertz CT molecular complexity index is 799. The molecule has 27 heavy (non-hydrogen) atoms. The summed E-state index contributed by atoms with van der Waals surface area (Å²) in [6.45, 7) is 4.25. The minimum Gasteiger partial charge on any atom is -0.465 e. The van der Waals surface area contributed by atoms with Crippen molar-refractivity contribution in [3.8, 4) is 0 Å². The van der Waals surface area contributed by atoms with E-state index in [0.29, 0.717) is 48.5 Å². The van der Waals surface area contributed by atoms with Gasteiger partial charge >= 0.3 is 5.97 Å². The van der Waals surface area contributed by atoms with Crippen LogP contribution in [0, 0.1) is 0 Å². The molecule has 1 fully saturated rings. The van der Waals surface area contributed by atoms with Crippen LogP contribution in [0.5, 0.6) is 0 Å². The topological polar surface area (TPSA) is 65.6 Å². The fourth-order valence-corrected chi connectivity index (χ4v) is 3.50. The normalized spacial score (nSPS) is 16.2. The molecule has 0 spiro atoms. The molecule has 6 nitrogen and oxygen atoms in total. The van der Waals surface area contributed by atoms with Gasteiger partial charge in [-0.25, -0.2) is 4.79 Å². The number of esters is 1. The van der Waals surface area contributed by atoms with Gasteiger partial charge in [-0.1, -0.05) is 35.3 Å². The summed E-state index contributed by atoms with van der Waals surface area (Å²) >= 11 is 11.9. The van der Waals surface area contributed by atoms with Crippen LogP contribution in [0.15, 0.2) is 36.5 Å². The van der Waals surface area contributed by atoms with E-state index in [2.05, 4.69) is 4.98 Å². The first kappa shape index (κ1) is 19.7. The molecule has 1 aliphatic heterocycles. The SMILES string of the molecule is CCOC(=O)[C@@H](c1ccc(Cl)cc1)N1CCN(C(=O)c2cc(Cl)c[nH]2)CC1. The molecule has 0 bridgehead atoms. The van der Waals surface area contributed by atoms with Gasteiger partial charge in [-0.15, -0.1) is 0 Å². The van der Waals surface area contributed by atoms with Crippen LogP contribution in [0.25, 0.3) is 0 Å². The number of carbonyl (C=O) groups is 2. The van der Waals surface area contributed by atoms with E-state index in [1.54, 1.807) is 36.2 Å². The highest BCUT2D eigenvalue weighted by atomic mass is 35.5. The molecule has 144 valence electrons. The van der Waals surface area contributed by atoms with Gasteiger partial charge in [0.05, 0.1) is 11.6 Å². The Hall–Kier alpha value is -2.02. The molecule has 1 aromatic heterocycles. The van der Waals surface area contributed by atoms with Crippen LogP contribution in [0.3, 0.4) is 0 Å². The van der Waals surface area contributed by atoms with Crippen LogP contribution in [0.2, 0.25) is 10.0 Å². The average Bonchev–Trinajstić information content (AvgIpc) is 3.10. The Morgan fingerprint density at radius 2 is 1.78 bits per heavy atom. The van der Waals surface area contributed by atoms with Crippen LogP contribution in [0.1, 0.15) is 29.0 Å². The van der Waals surface area contributed by atoms with E-state index in [-0.39, 0.29) is 11.9 Å². The van der Waals surface area contributed by atoms with Gasteiger partial charge < -0.3 is 14.6 Å². The van der Waals surface area contributed by atoms with Crippen molar-refractivity contribution >= 4 is 35.1 Å². The van der Waals surface area contributed by atoms with Crippen molar-refractivity contribution in [2.75, 3.05) is 32.8 Å². The molecule has 2 heterocycles. The number of halogens is 2. The number of ether oxygens (including phenoxy) is 1. The van der Waals surface area contributed by atoms with Gasteiger partial charge in [0.25, 0.3) is 5.91 Å². The summed E-state index contributed by atoms with van der Waals surface area (Å²) < 4.78 is 5.27. The lowest BCUT2D eigenvalue weighted by molar-refractivity contribution is -0.150. The van der Waals surface area contributed by atoms with Crippen LogP contribution >= 0.6 is 23.2 Å². The largest absolute Gasteiger partial charge is 0.465 e. The second-order valence-corrected chi connectivity index (χ2v) is 7.14. The number of hydrogen-bond donors (Lipinski definition) is 1. The molecule has 0 saturated carbocycles. The number of hydrogen-bond acceptors (Lipinski definition) is 4. The summed E-state index contributed by atoms with van der Waals surface area (Å²) in [5.74, 6) is -0.392. The number of carbonyl (C=O) groups excluding carboxylic acids is 2. The Balaban J connectivity index is 1.71. The zero-order chi connectivity index (χ0) is 19.4. The second-order valence-electron chi connectivity index (χ2n) is 6.27. The Kier molecular flexibility index (Phi) is 6.42. The number of nitrogens with one attached hydrogen (secondary N) is 1. The maximum Gasteiger partial charge on any atom is 0.328 e. The van der Waals surface area contributed by atoms with Gasteiger partial charge in [0.1, 0.15) is 11.7 Å². The molecule has 0 radical (unpaired) electrons. The summed E-state index contributed by atoms with van der Waals surface area (Å²) in [7, 11) is 0. The molecule has 8 heteroatoms. The number of aromatic amines is 1. The number of aromatic nitrogens is 1. The van der Waals surface area contributed by atoms with E-state index in [1.165, 1.54) is 0 Å². The molecule has 1 atom stereocenters. The highest BCUT2D eigenvalue weighted by Gasteiger charge is 2.33. The van der Waals surface area contributed by atoms with Crippen molar-refractivity contribution in [2.45, 2.75) is 13.0 Å². The fourth-order valence-electron chi connectivity index (χ4n) is 3.21. The third-order valence-corrected chi connectivity index (χ3v) is 5.01. The first-order chi connectivity index (χ1) is 13.0. The second kappa shape index (κ2) is 8.78. The zero-order valence-electron chi connectivity index (χ0n) is 15.0. The lowest BCUT2D eigenvalue weighted by Gasteiger charge is -2.38. The lowest BCUT2D eigenvalue weighted by Crippen LogP contribution is -2.51. The molecule has 3 rings (SSSR count). The lowest BCUT2D eigenvalue weighted by atomic mass is 10.0. The Morgan fingerprint density at radius 1 is 1.11 bits per heavy atom. The van der Waals surface area contributed by atoms with Gasteiger partial charge in [0, 0.05) is 37.4 Å². The van der Waals surface area contributed by atoms with Crippen LogP contribution < -0.4 is 0 Å². The minimum absolute atomic E-state index is 0.0965.